The van der Waals surface area contributed by atoms with Gasteiger partial charge in [-0.05, 0) is 30.9 Å². The van der Waals surface area contributed by atoms with E-state index in [0.29, 0.717) is 13.2 Å². The Morgan fingerprint density at radius 3 is 3.12 bits per heavy atom. The molecule has 0 radical (unpaired) electrons. The van der Waals surface area contributed by atoms with Crippen molar-refractivity contribution in [1.29, 1.82) is 0 Å². The van der Waals surface area contributed by atoms with E-state index in [2.05, 4.69) is 21.2 Å². The standard InChI is InChI=1S/C13H16BrNO2/c1-9-4-2-5-10(12(9)14)8-15-13(16)11-6-3-7-17-11/h2,4-5,11H,3,6-8H2,1H3,(H,15,16)/t11-/m0/s1. The molecule has 17 heavy (non-hydrogen) atoms. The predicted octanol–water partition coefficient (Wildman–Crippen LogP) is 2.55. The van der Waals surface area contributed by atoms with E-state index < -0.39 is 0 Å². The van der Waals surface area contributed by atoms with Gasteiger partial charge in [-0.15, -0.1) is 0 Å². The molecule has 1 atom stereocenters. The zero-order valence-corrected chi connectivity index (χ0v) is 11.4. The third-order valence-corrected chi connectivity index (χ3v) is 4.08. The van der Waals surface area contributed by atoms with Gasteiger partial charge in [0.2, 0.25) is 5.91 Å². The number of hydrogen-bond donors (Lipinski definition) is 1. The van der Waals surface area contributed by atoms with Crippen LogP contribution in [0.25, 0.3) is 0 Å². The summed E-state index contributed by atoms with van der Waals surface area (Å²) in [6.07, 6.45) is 1.56. The summed E-state index contributed by atoms with van der Waals surface area (Å²) in [5.41, 5.74) is 2.27. The zero-order valence-electron chi connectivity index (χ0n) is 9.83. The molecular weight excluding hydrogens is 282 g/mol. The second kappa shape index (κ2) is 5.65. The van der Waals surface area contributed by atoms with Gasteiger partial charge in [0.15, 0.2) is 0 Å². The van der Waals surface area contributed by atoms with Gasteiger partial charge < -0.3 is 10.1 Å². The minimum atomic E-state index is -0.251. The highest BCUT2D eigenvalue weighted by Gasteiger charge is 2.23. The first kappa shape index (κ1) is 12.6. The van der Waals surface area contributed by atoms with Gasteiger partial charge in [-0.2, -0.15) is 0 Å². The highest BCUT2D eigenvalue weighted by atomic mass is 79.9. The molecule has 1 amide bonds. The first-order chi connectivity index (χ1) is 8.18. The molecule has 1 aliphatic heterocycles. The van der Waals surface area contributed by atoms with Gasteiger partial charge in [-0.3, -0.25) is 4.79 Å². The normalized spacial score (nSPS) is 19.3. The van der Waals surface area contributed by atoms with E-state index in [1.807, 2.05) is 25.1 Å². The van der Waals surface area contributed by atoms with Crippen LogP contribution < -0.4 is 5.32 Å². The number of carbonyl (C=O) groups is 1. The van der Waals surface area contributed by atoms with Crippen molar-refractivity contribution in [3.05, 3.63) is 33.8 Å². The lowest BCUT2D eigenvalue weighted by molar-refractivity contribution is -0.130. The second-order valence-electron chi connectivity index (χ2n) is 4.27. The van der Waals surface area contributed by atoms with Crippen LogP contribution in [0.2, 0.25) is 0 Å². The van der Waals surface area contributed by atoms with Crippen LogP contribution in [-0.2, 0) is 16.1 Å². The van der Waals surface area contributed by atoms with E-state index in [1.165, 1.54) is 5.56 Å². The van der Waals surface area contributed by atoms with E-state index in [-0.39, 0.29) is 12.0 Å². The SMILES string of the molecule is Cc1cccc(CNC(=O)[C@@H]2CCCO2)c1Br. The maximum atomic E-state index is 11.8. The molecule has 0 aromatic heterocycles. The molecule has 1 aliphatic rings. The Morgan fingerprint density at radius 2 is 2.41 bits per heavy atom. The van der Waals surface area contributed by atoms with Crippen LogP contribution in [0, 0.1) is 6.92 Å². The van der Waals surface area contributed by atoms with E-state index in [0.717, 1.165) is 22.9 Å². The first-order valence-electron chi connectivity index (χ1n) is 5.82. The second-order valence-corrected chi connectivity index (χ2v) is 5.06. The summed E-state index contributed by atoms with van der Waals surface area (Å²) in [6.45, 7) is 3.28. The Kier molecular flexibility index (Phi) is 4.18. The molecular formula is C13H16BrNO2. The molecule has 92 valence electrons. The van der Waals surface area contributed by atoms with Crippen LogP contribution >= 0.6 is 15.9 Å². The summed E-state index contributed by atoms with van der Waals surface area (Å²) in [4.78, 5) is 11.8. The number of hydrogen-bond acceptors (Lipinski definition) is 2. The van der Waals surface area contributed by atoms with Gasteiger partial charge in [-0.25, -0.2) is 0 Å². The van der Waals surface area contributed by atoms with Gasteiger partial charge in [0.05, 0.1) is 0 Å². The number of benzene rings is 1. The van der Waals surface area contributed by atoms with Crippen LogP contribution in [-0.4, -0.2) is 18.6 Å². The lowest BCUT2D eigenvalue weighted by Gasteiger charge is -2.12. The maximum Gasteiger partial charge on any atom is 0.249 e. The Bertz CT molecular complexity index is 414. The van der Waals surface area contributed by atoms with E-state index >= 15 is 0 Å². The Balaban J connectivity index is 1.93. The smallest absolute Gasteiger partial charge is 0.249 e. The van der Waals surface area contributed by atoms with Crippen LogP contribution in [0.15, 0.2) is 22.7 Å². The van der Waals surface area contributed by atoms with Crippen molar-refractivity contribution < 1.29 is 9.53 Å². The summed E-state index contributed by atoms with van der Waals surface area (Å²) in [6, 6.07) is 6.04. The summed E-state index contributed by atoms with van der Waals surface area (Å²) < 4.78 is 6.40. The molecule has 0 unspecified atom stereocenters. The average molecular weight is 298 g/mol. The molecule has 2 rings (SSSR count). The molecule has 0 aliphatic carbocycles. The molecule has 4 heteroatoms. The topological polar surface area (TPSA) is 38.3 Å². The average Bonchev–Trinajstić information content (AvgIpc) is 2.84. The molecule has 1 N–H and O–H groups in total. The van der Waals surface area contributed by atoms with Crippen molar-refractivity contribution in [2.75, 3.05) is 6.61 Å². The fourth-order valence-electron chi connectivity index (χ4n) is 1.93. The number of carbonyl (C=O) groups excluding carboxylic acids is 1. The van der Waals surface area contributed by atoms with E-state index in [9.17, 15) is 4.79 Å². The quantitative estimate of drug-likeness (QED) is 0.931. The highest BCUT2D eigenvalue weighted by Crippen LogP contribution is 2.21. The lowest BCUT2D eigenvalue weighted by Crippen LogP contribution is -2.33. The van der Waals surface area contributed by atoms with Crippen molar-refractivity contribution in [3.8, 4) is 0 Å². The van der Waals surface area contributed by atoms with Gasteiger partial charge in [0, 0.05) is 17.6 Å². The van der Waals surface area contributed by atoms with Crippen molar-refractivity contribution in [3.63, 3.8) is 0 Å². The monoisotopic (exact) mass is 297 g/mol. The number of nitrogens with one attached hydrogen (secondary N) is 1. The minimum Gasteiger partial charge on any atom is -0.368 e. The Hall–Kier alpha value is -0.870. The molecule has 1 aromatic carbocycles. The fraction of sp³-hybridized carbons (Fsp3) is 0.462. The number of ether oxygens (including phenoxy) is 1. The first-order valence-corrected chi connectivity index (χ1v) is 6.61. The van der Waals surface area contributed by atoms with Crippen molar-refractivity contribution in [2.24, 2.45) is 0 Å². The third kappa shape index (κ3) is 3.07. The van der Waals surface area contributed by atoms with Crippen molar-refractivity contribution in [2.45, 2.75) is 32.4 Å². The summed E-state index contributed by atoms with van der Waals surface area (Å²) in [5.74, 6) is -0.00379. The summed E-state index contributed by atoms with van der Waals surface area (Å²) >= 11 is 3.53. The predicted molar refractivity (Wildman–Crippen MR) is 69.7 cm³/mol. The molecule has 1 aromatic rings. The third-order valence-electron chi connectivity index (χ3n) is 2.95. The largest absolute Gasteiger partial charge is 0.368 e. The van der Waals surface area contributed by atoms with E-state index in [1.54, 1.807) is 0 Å². The van der Waals surface area contributed by atoms with Gasteiger partial charge >= 0.3 is 0 Å². The number of amides is 1. The van der Waals surface area contributed by atoms with Crippen LogP contribution in [0.3, 0.4) is 0 Å². The molecule has 0 bridgehead atoms. The van der Waals surface area contributed by atoms with Gasteiger partial charge in [0.1, 0.15) is 6.10 Å². The molecule has 0 spiro atoms. The molecule has 1 saturated heterocycles. The van der Waals surface area contributed by atoms with Crippen LogP contribution in [0.5, 0.6) is 0 Å². The van der Waals surface area contributed by atoms with Crippen LogP contribution in [0.4, 0.5) is 0 Å². The molecule has 3 nitrogen and oxygen atoms in total. The summed E-state index contributed by atoms with van der Waals surface area (Å²) in [5, 5.41) is 2.92. The number of aryl methyl sites for hydroxylation is 1. The van der Waals surface area contributed by atoms with E-state index in [4.69, 9.17) is 4.74 Å². The molecule has 1 fully saturated rings. The minimum absolute atomic E-state index is 0.00379. The van der Waals surface area contributed by atoms with Crippen molar-refractivity contribution >= 4 is 21.8 Å². The molecule has 1 heterocycles. The summed E-state index contributed by atoms with van der Waals surface area (Å²) in [7, 11) is 0. The fourth-order valence-corrected chi connectivity index (χ4v) is 2.33. The van der Waals surface area contributed by atoms with Crippen LogP contribution in [0.1, 0.15) is 24.0 Å². The number of rotatable bonds is 3. The zero-order chi connectivity index (χ0) is 12.3. The lowest BCUT2D eigenvalue weighted by atomic mass is 10.1. The maximum absolute atomic E-state index is 11.8. The number of halogens is 1. The molecule has 0 saturated carbocycles. The van der Waals surface area contributed by atoms with Gasteiger partial charge in [-0.1, -0.05) is 34.1 Å². The Morgan fingerprint density at radius 1 is 1.59 bits per heavy atom. The van der Waals surface area contributed by atoms with Crippen molar-refractivity contribution in [1.82, 2.24) is 5.32 Å². The highest BCUT2D eigenvalue weighted by molar-refractivity contribution is 9.10. The Labute approximate surface area is 110 Å². The van der Waals surface area contributed by atoms with Gasteiger partial charge in [0.25, 0.3) is 0 Å².